The van der Waals surface area contributed by atoms with Gasteiger partial charge in [0, 0.05) is 18.6 Å². The van der Waals surface area contributed by atoms with Crippen molar-refractivity contribution < 1.29 is 0 Å². The van der Waals surface area contributed by atoms with Gasteiger partial charge in [-0.15, -0.1) is 0 Å². The lowest BCUT2D eigenvalue weighted by Crippen LogP contribution is -2.50. The van der Waals surface area contributed by atoms with Gasteiger partial charge in [-0.2, -0.15) is 0 Å². The average Bonchev–Trinajstić information content (AvgIpc) is 2.42. The molecule has 0 spiro atoms. The van der Waals surface area contributed by atoms with Crippen LogP contribution in [-0.4, -0.2) is 62.2 Å². The van der Waals surface area contributed by atoms with Crippen molar-refractivity contribution in [3.63, 3.8) is 0 Å². The Morgan fingerprint density at radius 2 is 1.86 bits per heavy atom. The molecule has 2 aliphatic rings. The summed E-state index contributed by atoms with van der Waals surface area (Å²) in [5.74, 6) is 0.818. The van der Waals surface area contributed by atoms with E-state index < -0.39 is 0 Å². The maximum Gasteiger partial charge on any atom is 0.0117 e. The molecule has 3 heteroatoms. The van der Waals surface area contributed by atoms with Gasteiger partial charge < -0.3 is 15.1 Å². The van der Waals surface area contributed by atoms with Crippen LogP contribution in [0.2, 0.25) is 0 Å². The Bertz CT molecular complexity index is 308. The zero-order valence-electron chi connectivity index (χ0n) is 15.0. The number of piperidine rings is 1. The van der Waals surface area contributed by atoms with Crippen LogP contribution in [-0.2, 0) is 0 Å². The first kappa shape index (κ1) is 17.2. The zero-order valence-corrected chi connectivity index (χ0v) is 15.0. The number of hydrogen-bond donors (Lipinski definition) is 1. The molecule has 2 unspecified atom stereocenters. The molecule has 1 aliphatic carbocycles. The van der Waals surface area contributed by atoms with E-state index in [1.54, 1.807) is 0 Å². The number of rotatable bonds is 5. The number of nitrogens with one attached hydrogen (secondary N) is 1. The second kappa shape index (κ2) is 7.43. The third-order valence-electron chi connectivity index (χ3n) is 5.82. The van der Waals surface area contributed by atoms with Crippen LogP contribution in [0.1, 0.15) is 52.9 Å². The molecule has 1 aliphatic heterocycles. The van der Waals surface area contributed by atoms with Crippen LogP contribution in [0.3, 0.4) is 0 Å². The van der Waals surface area contributed by atoms with Crippen LogP contribution in [0.15, 0.2) is 0 Å². The van der Waals surface area contributed by atoms with E-state index in [-0.39, 0.29) is 0 Å². The highest BCUT2D eigenvalue weighted by atomic mass is 15.2. The summed E-state index contributed by atoms with van der Waals surface area (Å²) in [7, 11) is 4.61. The topological polar surface area (TPSA) is 18.5 Å². The Morgan fingerprint density at radius 3 is 2.48 bits per heavy atom. The molecule has 0 radical (unpaired) electrons. The Labute approximate surface area is 132 Å². The van der Waals surface area contributed by atoms with Crippen molar-refractivity contribution >= 4 is 0 Å². The van der Waals surface area contributed by atoms with Crippen LogP contribution in [0.5, 0.6) is 0 Å². The minimum absolute atomic E-state index is 0.532. The van der Waals surface area contributed by atoms with Gasteiger partial charge in [-0.3, -0.25) is 0 Å². The van der Waals surface area contributed by atoms with Crippen molar-refractivity contribution in [1.29, 1.82) is 0 Å². The molecule has 2 atom stereocenters. The van der Waals surface area contributed by atoms with Crippen LogP contribution < -0.4 is 5.32 Å². The van der Waals surface area contributed by atoms with Crippen molar-refractivity contribution in [3.8, 4) is 0 Å². The van der Waals surface area contributed by atoms with E-state index in [1.165, 1.54) is 51.7 Å². The zero-order chi connectivity index (χ0) is 15.5. The predicted octanol–water partition coefficient (Wildman–Crippen LogP) is 2.82. The van der Waals surface area contributed by atoms with Crippen LogP contribution >= 0.6 is 0 Å². The minimum Gasteiger partial charge on any atom is -0.314 e. The fraction of sp³-hybridized carbons (Fsp3) is 1.00. The molecule has 0 aromatic carbocycles. The van der Waals surface area contributed by atoms with Gasteiger partial charge in [0.05, 0.1) is 0 Å². The molecular weight excluding hydrogens is 258 g/mol. The van der Waals surface area contributed by atoms with Gasteiger partial charge in [0.2, 0.25) is 0 Å². The van der Waals surface area contributed by atoms with Crippen LogP contribution in [0.4, 0.5) is 0 Å². The summed E-state index contributed by atoms with van der Waals surface area (Å²) in [5.41, 5.74) is 0.532. The largest absolute Gasteiger partial charge is 0.314 e. The molecule has 3 nitrogen and oxygen atoms in total. The first-order valence-electron chi connectivity index (χ1n) is 9.03. The van der Waals surface area contributed by atoms with Gasteiger partial charge in [-0.05, 0) is 77.2 Å². The van der Waals surface area contributed by atoms with Crippen molar-refractivity contribution in [2.45, 2.75) is 65.0 Å². The highest BCUT2D eigenvalue weighted by Gasteiger charge is 2.35. The van der Waals surface area contributed by atoms with E-state index in [0.717, 1.165) is 24.5 Å². The van der Waals surface area contributed by atoms with Gasteiger partial charge in [0.1, 0.15) is 0 Å². The van der Waals surface area contributed by atoms with Gasteiger partial charge in [0.25, 0.3) is 0 Å². The fourth-order valence-corrected chi connectivity index (χ4v) is 4.41. The second-order valence-electron chi connectivity index (χ2n) is 8.31. The summed E-state index contributed by atoms with van der Waals surface area (Å²) < 4.78 is 0. The Kier molecular flexibility index (Phi) is 6.10. The molecule has 0 aromatic rings. The molecule has 1 saturated carbocycles. The molecule has 1 N–H and O–H groups in total. The van der Waals surface area contributed by atoms with E-state index in [4.69, 9.17) is 0 Å². The average molecular weight is 296 g/mol. The quantitative estimate of drug-likeness (QED) is 0.841. The second-order valence-corrected chi connectivity index (χ2v) is 8.31. The predicted molar refractivity (Wildman–Crippen MR) is 91.7 cm³/mol. The van der Waals surface area contributed by atoms with E-state index in [1.807, 2.05) is 0 Å². The smallest absolute Gasteiger partial charge is 0.0117 e. The summed E-state index contributed by atoms with van der Waals surface area (Å²) in [6.45, 7) is 12.1. The molecule has 21 heavy (non-hydrogen) atoms. The molecule has 1 saturated heterocycles. The summed E-state index contributed by atoms with van der Waals surface area (Å²) in [4.78, 5) is 5.14. The minimum atomic E-state index is 0.532. The summed E-state index contributed by atoms with van der Waals surface area (Å²) in [5, 5.41) is 3.75. The van der Waals surface area contributed by atoms with Crippen molar-refractivity contribution in [2.75, 3.05) is 40.3 Å². The highest BCUT2D eigenvalue weighted by molar-refractivity contribution is 4.91. The Balaban J connectivity index is 1.90. The maximum atomic E-state index is 3.75. The van der Waals surface area contributed by atoms with Crippen molar-refractivity contribution in [1.82, 2.24) is 15.1 Å². The lowest BCUT2D eigenvalue weighted by atomic mass is 9.69. The monoisotopic (exact) mass is 295 g/mol. The normalized spacial score (nSPS) is 31.7. The number of nitrogens with zero attached hydrogens (tertiary/aromatic N) is 2. The maximum absolute atomic E-state index is 3.75. The third-order valence-corrected chi connectivity index (χ3v) is 5.82. The third kappa shape index (κ3) is 4.94. The van der Waals surface area contributed by atoms with Gasteiger partial charge in [-0.1, -0.05) is 20.8 Å². The van der Waals surface area contributed by atoms with E-state index in [0.29, 0.717) is 5.41 Å². The standard InChI is InChI=1S/C18H37N3/c1-6-19-17-7-10-18(2,3)13-15(17)14-21(5)16-8-11-20(4)12-9-16/h15-17,19H,6-14H2,1-5H3. The van der Waals surface area contributed by atoms with E-state index in [2.05, 4.69) is 50.0 Å². The number of hydrogen-bond acceptors (Lipinski definition) is 3. The lowest BCUT2D eigenvalue weighted by molar-refractivity contribution is 0.0757. The molecule has 1 heterocycles. The van der Waals surface area contributed by atoms with Crippen LogP contribution in [0.25, 0.3) is 0 Å². The Hall–Kier alpha value is -0.120. The van der Waals surface area contributed by atoms with Crippen molar-refractivity contribution in [2.24, 2.45) is 11.3 Å². The lowest BCUT2D eigenvalue weighted by Gasteiger charge is -2.44. The first-order chi connectivity index (χ1) is 9.91. The van der Waals surface area contributed by atoms with Crippen LogP contribution in [0, 0.1) is 11.3 Å². The van der Waals surface area contributed by atoms with E-state index >= 15 is 0 Å². The molecule has 124 valence electrons. The van der Waals surface area contributed by atoms with Gasteiger partial charge >= 0.3 is 0 Å². The molecular formula is C18H37N3. The first-order valence-corrected chi connectivity index (χ1v) is 9.03. The van der Waals surface area contributed by atoms with Crippen molar-refractivity contribution in [3.05, 3.63) is 0 Å². The molecule has 0 amide bonds. The fourth-order valence-electron chi connectivity index (χ4n) is 4.41. The van der Waals surface area contributed by atoms with Gasteiger partial charge in [-0.25, -0.2) is 0 Å². The van der Waals surface area contributed by atoms with E-state index in [9.17, 15) is 0 Å². The molecule has 0 bridgehead atoms. The summed E-state index contributed by atoms with van der Waals surface area (Å²) in [6.07, 6.45) is 6.79. The summed E-state index contributed by atoms with van der Waals surface area (Å²) >= 11 is 0. The van der Waals surface area contributed by atoms with Gasteiger partial charge in [0.15, 0.2) is 0 Å². The molecule has 2 fully saturated rings. The Morgan fingerprint density at radius 1 is 1.19 bits per heavy atom. The SMILES string of the molecule is CCNC1CCC(C)(C)CC1CN(C)C1CCN(C)CC1. The number of likely N-dealkylation sites (tertiary alicyclic amines) is 1. The summed E-state index contributed by atoms with van der Waals surface area (Å²) in [6, 6.07) is 1.53. The molecule has 0 aromatic heterocycles. The molecule has 2 rings (SSSR count). The highest BCUT2D eigenvalue weighted by Crippen LogP contribution is 2.39.